The van der Waals surface area contributed by atoms with Gasteiger partial charge in [-0.15, -0.1) is 0 Å². The van der Waals surface area contributed by atoms with E-state index < -0.39 is 0 Å². The number of aromatic nitrogens is 1. The minimum Gasteiger partial charge on any atom is -0.358 e. The second-order valence-corrected chi connectivity index (χ2v) is 7.56. The zero-order chi connectivity index (χ0) is 17.0. The molecule has 5 heteroatoms. The third kappa shape index (κ3) is 2.25. The zero-order valence-corrected chi connectivity index (χ0v) is 14.3. The smallest absolute Gasteiger partial charge is 0.237 e. The van der Waals surface area contributed by atoms with Crippen LogP contribution in [0.25, 0.3) is 10.9 Å². The van der Waals surface area contributed by atoms with Gasteiger partial charge in [0.1, 0.15) is 0 Å². The molecule has 2 amide bonds. The van der Waals surface area contributed by atoms with Crippen LogP contribution in [0, 0.1) is 5.92 Å². The SMILES string of the molecule is O=C1C2CCc3[nH]c4ccccc4c3C2C(=O)N1CCN1CCCC1. The summed E-state index contributed by atoms with van der Waals surface area (Å²) in [6.45, 7) is 3.55. The van der Waals surface area contributed by atoms with E-state index in [4.69, 9.17) is 0 Å². The summed E-state index contributed by atoms with van der Waals surface area (Å²) in [5, 5.41) is 1.11. The molecule has 25 heavy (non-hydrogen) atoms. The monoisotopic (exact) mass is 337 g/mol. The highest BCUT2D eigenvalue weighted by atomic mass is 16.2. The van der Waals surface area contributed by atoms with Gasteiger partial charge in [0.25, 0.3) is 0 Å². The maximum Gasteiger partial charge on any atom is 0.237 e. The van der Waals surface area contributed by atoms with Crippen LogP contribution in [0.3, 0.4) is 0 Å². The van der Waals surface area contributed by atoms with E-state index >= 15 is 0 Å². The Bertz CT molecular complexity index is 850. The van der Waals surface area contributed by atoms with Crippen molar-refractivity contribution < 1.29 is 9.59 Å². The molecule has 0 bridgehead atoms. The largest absolute Gasteiger partial charge is 0.358 e. The predicted molar refractivity (Wildman–Crippen MR) is 95.2 cm³/mol. The average molecular weight is 337 g/mol. The number of nitrogens with zero attached hydrogens (tertiary/aromatic N) is 2. The van der Waals surface area contributed by atoms with Crippen LogP contribution in [0.15, 0.2) is 24.3 Å². The molecular weight excluding hydrogens is 314 g/mol. The predicted octanol–water partition coefficient (Wildman–Crippen LogP) is 2.28. The van der Waals surface area contributed by atoms with E-state index in [1.807, 2.05) is 12.1 Å². The molecule has 2 atom stereocenters. The Labute approximate surface area is 147 Å². The lowest BCUT2D eigenvalue weighted by molar-refractivity contribution is -0.139. The fourth-order valence-electron chi connectivity index (χ4n) is 4.95. The van der Waals surface area contributed by atoms with Gasteiger partial charge in [-0.25, -0.2) is 0 Å². The highest BCUT2D eigenvalue weighted by Gasteiger charge is 2.51. The van der Waals surface area contributed by atoms with E-state index in [1.165, 1.54) is 12.8 Å². The van der Waals surface area contributed by atoms with E-state index in [1.54, 1.807) is 4.90 Å². The summed E-state index contributed by atoms with van der Waals surface area (Å²) in [7, 11) is 0. The van der Waals surface area contributed by atoms with Gasteiger partial charge in [0.05, 0.1) is 11.8 Å². The molecule has 1 aromatic heterocycles. The minimum absolute atomic E-state index is 0.0138. The van der Waals surface area contributed by atoms with Crippen molar-refractivity contribution in [3.8, 4) is 0 Å². The van der Waals surface area contributed by atoms with Crippen LogP contribution >= 0.6 is 0 Å². The van der Waals surface area contributed by atoms with Crippen LogP contribution in [0.2, 0.25) is 0 Å². The first-order chi connectivity index (χ1) is 12.2. The normalized spacial score (nSPS) is 26.5. The number of carbonyl (C=O) groups is 2. The molecular formula is C20H23N3O2. The van der Waals surface area contributed by atoms with Crippen molar-refractivity contribution in [2.24, 2.45) is 5.92 Å². The average Bonchev–Trinajstić information content (AvgIpc) is 3.32. The molecule has 1 N–H and O–H groups in total. The topological polar surface area (TPSA) is 56.4 Å². The molecule has 130 valence electrons. The van der Waals surface area contributed by atoms with Crippen LogP contribution < -0.4 is 0 Å². The number of carbonyl (C=O) groups excluding carboxylic acids is 2. The lowest BCUT2D eigenvalue weighted by atomic mass is 9.78. The molecule has 2 unspecified atom stereocenters. The van der Waals surface area contributed by atoms with E-state index in [2.05, 4.69) is 22.0 Å². The van der Waals surface area contributed by atoms with Crippen LogP contribution in [0.1, 0.15) is 36.4 Å². The number of amides is 2. The van der Waals surface area contributed by atoms with Crippen molar-refractivity contribution in [2.75, 3.05) is 26.2 Å². The summed E-state index contributed by atoms with van der Waals surface area (Å²) < 4.78 is 0. The molecule has 5 nitrogen and oxygen atoms in total. The Morgan fingerprint density at radius 2 is 1.84 bits per heavy atom. The number of hydrogen-bond acceptors (Lipinski definition) is 3. The van der Waals surface area contributed by atoms with E-state index in [0.717, 1.165) is 54.6 Å². The maximum atomic E-state index is 13.1. The maximum absolute atomic E-state index is 13.1. The quantitative estimate of drug-likeness (QED) is 0.874. The summed E-state index contributed by atoms with van der Waals surface area (Å²) in [5.74, 6) is -0.395. The molecule has 3 heterocycles. The number of aryl methyl sites for hydroxylation is 1. The number of likely N-dealkylation sites (tertiary alicyclic amines) is 2. The van der Waals surface area contributed by atoms with Crippen molar-refractivity contribution in [1.82, 2.24) is 14.8 Å². The minimum atomic E-state index is -0.286. The van der Waals surface area contributed by atoms with Gasteiger partial charge in [0, 0.05) is 29.7 Å². The molecule has 2 aromatic rings. The first kappa shape index (κ1) is 15.1. The molecule has 2 saturated heterocycles. The molecule has 0 spiro atoms. The number of H-pyrrole nitrogens is 1. The Morgan fingerprint density at radius 3 is 2.68 bits per heavy atom. The lowest BCUT2D eigenvalue weighted by Gasteiger charge is -2.21. The molecule has 5 rings (SSSR count). The summed E-state index contributed by atoms with van der Waals surface area (Å²) in [4.78, 5) is 33.4. The van der Waals surface area contributed by atoms with Gasteiger partial charge in [-0.3, -0.25) is 14.5 Å². The van der Waals surface area contributed by atoms with Crippen LogP contribution in [0.5, 0.6) is 0 Å². The summed E-state index contributed by atoms with van der Waals surface area (Å²) in [5.41, 5.74) is 3.29. The number of aromatic amines is 1. The van der Waals surface area contributed by atoms with E-state index in [0.29, 0.717) is 6.54 Å². The number of imide groups is 1. The summed E-state index contributed by atoms with van der Waals surface area (Å²) >= 11 is 0. The molecule has 2 fully saturated rings. The van der Waals surface area contributed by atoms with Crippen molar-refractivity contribution in [1.29, 1.82) is 0 Å². The Balaban J connectivity index is 1.47. The number of rotatable bonds is 3. The van der Waals surface area contributed by atoms with E-state index in [-0.39, 0.29) is 23.7 Å². The number of para-hydroxylation sites is 1. The molecule has 1 aliphatic carbocycles. The third-order valence-electron chi connectivity index (χ3n) is 6.20. The number of hydrogen-bond donors (Lipinski definition) is 1. The highest BCUT2D eigenvalue weighted by molar-refractivity contribution is 6.10. The van der Waals surface area contributed by atoms with Gasteiger partial charge in [0.15, 0.2) is 0 Å². The Hall–Kier alpha value is -2.14. The van der Waals surface area contributed by atoms with Crippen LogP contribution in [0.4, 0.5) is 0 Å². The fourth-order valence-corrected chi connectivity index (χ4v) is 4.95. The van der Waals surface area contributed by atoms with Crippen molar-refractivity contribution in [3.05, 3.63) is 35.5 Å². The van der Waals surface area contributed by atoms with Gasteiger partial charge in [-0.1, -0.05) is 18.2 Å². The second kappa shape index (κ2) is 5.70. The standard InChI is InChI=1S/C20H23N3O2/c24-19-14-7-8-16-17(13-5-1-2-6-15(13)21-16)18(14)20(25)23(19)12-11-22-9-3-4-10-22/h1-2,5-6,14,18,21H,3-4,7-12H2. The number of fused-ring (bicyclic) bond motifs is 5. The molecule has 3 aliphatic rings. The van der Waals surface area contributed by atoms with Crippen molar-refractivity contribution in [3.63, 3.8) is 0 Å². The molecule has 0 saturated carbocycles. The van der Waals surface area contributed by atoms with Crippen molar-refractivity contribution >= 4 is 22.7 Å². The van der Waals surface area contributed by atoms with Crippen LogP contribution in [-0.2, 0) is 16.0 Å². The van der Waals surface area contributed by atoms with Gasteiger partial charge >= 0.3 is 0 Å². The Morgan fingerprint density at radius 1 is 1.04 bits per heavy atom. The number of nitrogens with one attached hydrogen (secondary N) is 1. The Kier molecular flexibility index (Phi) is 3.45. The molecule has 1 aromatic carbocycles. The summed E-state index contributed by atoms with van der Waals surface area (Å²) in [6, 6.07) is 8.13. The van der Waals surface area contributed by atoms with E-state index in [9.17, 15) is 9.59 Å². The number of benzene rings is 1. The van der Waals surface area contributed by atoms with Crippen molar-refractivity contribution in [2.45, 2.75) is 31.6 Å². The second-order valence-electron chi connectivity index (χ2n) is 7.56. The summed E-state index contributed by atoms with van der Waals surface area (Å²) in [6.07, 6.45) is 4.08. The molecule has 2 aliphatic heterocycles. The zero-order valence-electron chi connectivity index (χ0n) is 14.3. The van der Waals surface area contributed by atoms with Gasteiger partial charge in [-0.05, 0) is 50.4 Å². The first-order valence-electron chi connectivity index (χ1n) is 9.41. The van der Waals surface area contributed by atoms with Gasteiger partial charge in [0.2, 0.25) is 11.8 Å². The molecule has 0 radical (unpaired) electrons. The third-order valence-corrected chi connectivity index (χ3v) is 6.20. The van der Waals surface area contributed by atoms with Crippen LogP contribution in [-0.4, -0.2) is 52.8 Å². The van der Waals surface area contributed by atoms with Gasteiger partial charge in [-0.2, -0.15) is 0 Å². The van der Waals surface area contributed by atoms with Gasteiger partial charge < -0.3 is 9.88 Å². The lowest BCUT2D eigenvalue weighted by Crippen LogP contribution is -2.38. The highest BCUT2D eigenvalue weighted by Crippen LogP contribution is 2.45. The first-order valence-corrected chi connectivity index (χ1v) is 9.41. The fraction of sp³-hybridized carbons (Fsp3) is 0.500.